The summed E-state index contributed by atoms with van der Waals surface area (Å²) in [6.07, 6.45) is 5.49. The lowest BCUT2D eigenvalue weighted by Gasteiger charge is -2.38. The first-order valence-electron chi connectivity index (χ1n) is 6.07. The molecule has 0 saturated carbocycles. The molecule has 2 unspecified atom stereocenters. The van der Waals surface area contributed by atoms with E-state index in [9.17, 15) is 0 Å². The minimum Gasteiger partial charge on any atom is -0.328 e. The minimum atomic E-state index is 0.262. The van der Waals surface area contributed by atoms with Gasteiger partial charge in [0.05, 0.1) is 0 Å². The van der Waals surface area contributed by atoms with Gasteiger partial charge in [-0.05, 0) is 37.5 Å². The van der Waals surface area contributed by atoms with Crippen LogP contribution in [-0.4, -0.2) is 12.1 Å². The van der Waals surface area contributed by atoms with Crippen molar-refractivity contribution in [3.63, 3.8) is 0 Å². The molecule has 0 aromatic carbocycles. The molecule has 0 amide bonds. The molecule has 0 heterocycles. The van der Waals surface area contributed by atoms with Crippen molar-refractivity contribution in [1.82, 2.24) is 0 Å². The minimum absolute atomic E-state index is 0.262. The van der Waals surface area contributed by atoms with E-state index in [4.69, 9.17) is 11.5 Å². The Bertz CT molecular complexity index is 133. The third-order valence-electron chi connectivity index (χ3n) is 3.98. The highest BCUT2D eigenvalue weighted by atomic mass is 14.7. The van der Waals surface area contributed by atoms with Gasteiger partial charge in [-0.25, -0.2) is 0 Å². The average Bonchev–Trinajstić information content (AvgIpc) is 2.21. The predicted molar refractivity (Wildman–Crippen MR) is 64.2 cm³/mol. The van der Waals surface area contributed by atoms with Gasteiger partial charge >= 0.3 is 0 Å². The van der Waals surface area contributed by atoms with Crippen LogP contribution in [0.25, 0.3) is 0 Å². The Hall–Kier alpha value is -0.0800. The Morgan fingerprint density at radius 3 is 1.64 bits per heavy atom. The van der Waals surface area contributed by atoms with Crippen LogP contribution in [0.15, 0.2) is 0 Å². The summed E-state index contributed by atoms with van der Waals surface area (Å²) in [5.74, 6) is 0. The second-order valence-electron chi connectivity index (χ2n) is 4.43. The quantitative estimate of drug-likeness (QED) is 0.664. The lowest BCUT2D eigenvalue weighted by molar-refractivity contribution is 0.178. The fourth-order valence-electron chi connectivity index (χ4n) is 2.28. The molecular formula is C12H28N2. The first-order chi connectivity index (χ1) is 6.56. The lowest BCUT2D eigenvalue weighted by atomic mass is 9.71. The molecule has 14 heavy (non-hydrogen) atoms. The molecule has 2 heteroatoms. The Kier molecular flexibility index (Phi) is 6.38. The van der Waals surface area contributed by atoms with Crippen molar-refractivity contribution in [2.45, 2.75) is 71.9 Å². The fraction of sp³-hybridized carbons (Fsp3) is 1.00. The summed E-state index contributed by atoms with van der Waals surface area (Å²) in [5, 5.41) is 0. The summed E-state index contributed by atoms with van der Waals surface area (Å²) in [7, 11) is 0. The zero-order chi connectivity index (χ0) is 11.2. The molecule has 0 aliphatic carbocycles. The molecule has 0 bridgehead atoms. The monoisotopic (exact) mass is 200 g/mol. The van der Waals surface area contributed by atoms with Crippen LogP contribution in [-0.2, 0) is 0 Å². The summed E-state index contributed by atoms with van der Waals surface area (Å²) in [6, 6.07) is 0.534. The van der Waals surface area contributed by atoms with Crippen molar-refractivity contribution in [1.29, 1.82) is 0 Å². The van der Waals surface area contributed by atoms with E-state index >= 15 is 0 Å². The summed E-state index contributed by atoms with van der Waals surface area (Å²) < 4.78 is 0. The largest absolute Gasteiger partial charge is 0.328 e. The van der Waals surface area contributed by atoms with Crippen LogP contribution in [0.4, 0.5) is 0 Å². The Labute approximate surface area is 89.4 Å². The molecule has 0 rings (SSSR count). The van der Waals surface area contributed by atoms with Crippen molar-refractivity contribution in [3.8, 4) is 0 Å². The second kappa shape index (κ2) is 6.41. The maximum atomic E-state index is 6.28. The molecular weight excluding hydrogens is 172 g/mol. The number of nitrogens with two attached hydrogens (primary N) is 2. The SMILES string of the molecule is CCC(N)CC(N)C(CC)(CC)CC. The summed E-state index contributed by atoms with van der Waals surface area (Å²) in [4.78, 5) is 0. The van der Waals surface area contributed by atoms with Gasteiger partial charge in [-0.3, -0.25) is 0 Å². The van der Waals surface area contributed by atoms with Gasteiger partial charge in [-0.2, -0.15) is 0 Å². The maximum Gasteiger partial charge on any atom is 0.0110 e. The van der Waals surface area contributed by atoms with E-state index in [1.54, 1.807) is 0 Å². The molecule has 2 atom stereocenters. The molecule has 86 valence electrons. The lowest BCUT2D eigenvalue weighted by Crippen LogP contribution is -2.44. The van der Waals surface area contributed by atoms with Crippen LogP contribution >= 0.6 is 0 Å². The number of rotatable bonds is 7. The molecule has 0 radical (unpaired) electrons. The maximum absolute atomic E-state index is 6.28. The van der Waals surface area contributed by atoms with E-state index in [1.165, 1.54) is 0 Å². The van der Waals surface area contributed by atoms with E-state index < -0.39 is 0 Å². The molecule has 0 aliphatic heterocycles. The van der Waals surface area contributed by atoms with Crippen LogP contribution in [0.1, 0.15) is 59.8 Å². The number of hydrogen-bond acceptors (Lipinski definition) is 2. The van der Waals surface area contributed by atoms with Gasteiger partial charge in [-0.1, -0.05) is 27.7 Å². The van der Waals surface area contributed by atoms with E-state index in [0.717, 1.165) is 32.1 Å². The molecule has 0 spiro atoms. The highest BCUT2D eigenvalue weighted by Crippen LogP contribution is 2.35. The Morgan fingerprint density at radius 1 is 0.929 bits per heavy atom. The van der Waals surface area contributed by atoms with Gasteiger partial charge in [0, 0.05) is 12.1 Å². The Morgan fingerprint density at radius 2 is 1.36 bits per heavy atom. The van der Waals surface area contributed by atoms with Crippen LogP contribution in [0.5, 0.6) is 0 Å². The highest BCUT2D eigenvalue weighted by Gasteiger charge is 2.31. The molecule has 0 saturated heterocycles. The molecule has 2 nitrogen and oxygen atoms in total. The van der Waals surface area contributed by atoms with E-state index in [0.29, 0.717) is 5.41 Å². The van der Waals surface area contributed by atoms with E-state index in [1.807, 2.05) is 0 Å². The molecule has 0 aromatic rings. The van der Waals surface area contributed by atoms with Crippen LogP contribution < -0.4 is 11.5 Å². The standard InChI is InChI=1S/C12H28N2/c1-5-10(13)9-11(14)12(6-2,7-3)8-4/h10-11H,5-9,13-14H2,1-4H3. The fourth-order valence-corrected chi connectivity index (χ4v) is 2.28. The topological polar surface area (TPSA) is 52.0 Å². The van der Waals surface area contributed by atoms with Crippen LogP contribution in [0.3, 0.4) is 0 Å². The number of hydrogen-bond donors (Lipinski definition) is 2. The van der Waals surface area contributed by atoms with Gasteiger partial charge in [0.25, 0.3) is 0 Å². The summed E-state index contributed by atoms with van der Waals surface area (Å²) in [6.45, 7) is 8.85. The molecule has 0 aromatic heterocycles. The first-order valence-corrected chi connectivity index (χ1v) is 6.07. The van der Waals surface area contributed by atoms with Crippen molar-refractivity contribution < 1.29 is 0 Å². The van der Waals surface area contributed by atoms with E-state index in [-0.39, 0.29) is 12.1 Å². The van der Waals surface area contributed by atoms with Crippen LogP contribution in [0, 0.1) is 5.41 Å². The third-order valence-corrected chi connectivity index (χ3v) is 3.98. The summed E-state index contributed by atoms with van der Waals surface area (Å²) in [5.41, 5.74) is 12.5. The smallest absolute Gasteiger partial charge is 0.0110 e. The molecule has 0 aliphatic rings. The average molecular weight is 200 g/mol. The van der Waals surface area contributed by atoms with Gasteiger partial charge < -0.3 is 11.5 Å². The van der Waals surface area contributed by atoms with Gasteiger partial charge in [-0.15, -0.1) is 0 Å². The van der Waals surface area contributed by atoms with Crippen molar-refractivity contribution in [2.75, 3.05) is 0 Å². The van der Waals surface area contributed by atoms with Crippen molar-refractivity contribution in [2.24, 2.45) is 16.9 Å². The van der Waals surface area contributed by atoms with Gasteiger partial charge in [0.15, 0.2) is 0 Å². The third kappa shape index (κ3) is 3.25. The molecule has 4 N–H and O–H groups in total. The zero-order valence-electron chi connectivity index (χ0n) is 10.3. The Balaban J connectivity index is 4.35. The predicted octanol–water partition coefficient (Wildman–Crippen LogP) is 2.66. The molecule has 0 fully saturated rings. The van der Waals surface area contributed by atoms with Crippen LogP contribution in [0.2, 0.25) is 0 Å². The normalized spacial score (nSPS) is 16.7. The zero-order valence-corrected chi connectivity index (χ0v) is 10.3. The van der Waals surface area contributed by atoms with Gasteiger partial charge in [0.1, 0.15) is 0 Å². The first kappa shape index (κ1) is 13.9. The van der Waals surface area contributed by atoms with E-state index in [2.05, 4.69) is 27.7 Å². The van der Waals surface area contributed by atoms with Crippen molar-refractivity contribution >= 4 is 0 Å². The van der Waals surface area contributed by atoms with Gasteiger partial charge in [0.2, 0.25) is 0 Å². The summed E-state index contributed by atoms with van der Waals surface area (Å²) >= 11 is 0. The second-order valence-corrected chi connectivity index (χ2v) is 4.43. The highest BCUT2D eigenvalue weighted by molar-refractivity contribution is 4.88. The van der Waals surface area contributed by atoms with Crippen molar-refractivity contribution in [3.05, 3.63) is 0 Å².